The molecule has 0 N–H and O–H groups in total. The number of hydrogen-bond acceptors (Lipinski definition) is 5. The van der Waals surface area contributed by atoms with Crippen LogP contribution in [0.3, 0.4) is 0 Å². The highest BCUT2D eigenvalue weighted by Gasteiger charge is 2.29. The average molecular weight is 447 g/mol. The monoisotopic (exact) mass is 446 g/mol. The number of allylic oxidation sites excluding steroid dienone is 1. The number of halogens is 2. The second kappa shape index (κ2) is 7.55. The molecule has 0 saturated carbocycles. The molecule has 0 fully saturated rings. The van der Waals surface area contributed by atoms with E-state index in [9.17, 15) is 13.2 Å². The van der Waals surface area contributed by atoms with E-state index in [-0.39, 0.29) is 33.5 Å². The van der Waals surface area contributed by atoms with Crippen molar-refractivity contribution in [3.8, 4) is 11.5 Å². The first-order valence-electron chi connectivity index (χ1n) is 8.37. The first kappa shape index (κ1) is 19.5. The summed E-state index contributed by atoms with van der Waals surface area (Å²) in [6.07, 6.45) is 1.45. The minimum Gasteiger partial charge on any atom is -0.452 e. The van der Waals surface area contributed by atoms with E-state index in [1.165, 1.54) is 36.4 Å². The number of carbonyl (C=O) groups excluding carboxylic acids is 1. The van der Waals surface area contributed by atoms with Crippen LogP contribution >= 0.6 is 23.2 Å². The van der Waals surface area contributed by atoms with Crippen LogP contribution in [0.2, 0.25) is 10.0 Å². The average Bonchev–Trinajstić information content (AvgIpc) is 3.00. The first-order valence-corrected chi connectivity index (χ1v) is 10.5. The molecule has 3 aromatic carbocycles. The van der Waals surface area contributed by atoms with Crippen LogP contribution in [-0.4, -0.2) is 14.2 Å². The topological polar surface area (TPSA) is 69.7 Å². The van der Waals surface area contributed by atoms with Gasteiger partial charge in [0, 0.05) is 21.7 Å². The maximum atomic E-state index is 12.6. The quantitative estimate of drug-likeness (QED) is 0.397. The van der Waals surface area contributed by atoms with E-state index in [0.717, 1.165) is 0 Å². The molecular weight excluding hydrogens is 435 g/mol. The first-order chi connectivity index (χ1) is 13.8. The van der Waals surface area contributed by atoms with Gasteiger partial charge in [-0.25, -0.2) is 0 Å². The van der Waals surface area contributed by atoms with Crippen molar-refractivity contribution in [1.29, 1.82) is 0 Å². The fourth-order valence-corrected chi connectivity index (χ4v) is 4.21. The van der Waals surface area contributed by atoms with Crippen LogP contribution in [0.4, 0.5) is 0 Å². The van der Waals surface area contributed by atoms with E-state index < -0.39 is 10.1 Å². The number of hydrogen-bond donors (Lipinski definition) is 0. The lowest BCUT2D eigenvalue weighted by atomic mass is 10.1. The fraction of sp³-hybridized carbons (Fsp3) is 0. The summed E-state index contributed by atoms with van der Waals surface area (Å²) in [5.74, 6) is -0.130. The smallest absolute Gasteiger partial charge is 0.339 e. The van der Waals surface area contributed by atoms with Gasteiger partial charge in [0.05, 0.1) is 5.56 Å². The van der Waals surface area contributed by atoms with E-state index >= 15 is 0 Å². The van der Waals surface area contributed by atoms with Gasteiger partial charge in [0.15, 0.2) is 5.76 Å². The van der Waals surface area contributed by atoms with Gasteiger partial charge in [-0.15, -0.1) is 0 Å². The van der Waals surface area contributed by atoms with Gasteiger partial charge in [0.2, 0.25) is 5.78 Å². The van der Waals surface area contributed by atoms with Gasteiger partial charge < -0.3 is 8.92 Å². The molecule has 0 saturated heterocycles. The molecule has 29 heavy (non-hydrogen) atoms. The molecular formula is C21H12Cl2O5S. The molecule has 0 aliphatic carbocycles. The van der Waals surface area contributed by atoms with Crippen LogP contribution in [0.5, 0.6) is 11.5 Å². The van der Waals surface area contributed by atoms with Crippen LogP contribution in [0.1, 0.15) is 15.9 Å². The van der Waals surface area contributed by atoms with E-state index in [1.807, 2.05) is 0 Å². The number of benzene rings is 3. The highest BCUT2D eigenvalue weighted by atomic mass is 35.5. The zero-order chi connectivity index (χ0) is 20.6. The number of carbonyl (C=O) groups is 1. The van der Waals surface area contributed by atoms with Crippen molar-refractivity contribution < 1.29 is 22.1 Å². The van der Waals surface area contributed by atoms with Crippen molar-refractivity contribution in [1.82, 2.24) is 0 Å². The molecule has 0 amide bonds. The third-order valence-corrected chi connectivity index (χ3v) is 6.07. The number of Topliss-reactive ketones (excluding diaryl/α,β-unsaturated/α-hetero) is 1. The van der Waals surface area contributed by atoms with Gasteiger partial charge in [0.1, 0.15) is 16.4 Å². The summed E-state index contributed by atoms with van der Waals surface area (Å²) in [5, 5.41) is 0.741. The summed E-state index contributed by atoms with van der Waals surface area (Å²) >= 11 is 12.3. The molecule has 0 atom stereocenters. The maximum Gasteiger partial charge on any atom is 0.339 e. The van der Waals surface area contributed by atoms with Gasteiger partial charge in [-0.3, -0.25) is 4.79 Å². The van der Waals surface area contributed by atoms with E-state index in [2.05, 4.69) is 0 Å². The molecule has 5 nitrogen and oxygen atoms in total. The highest BCUT2D eigenvalue weighted by Crippen LogP contribution is 2.37. The predicted octanol–water partition coefficient (Wildman–Crippen LogP) is 5.38. The van der Waals surface area contributed by atoms with Gasteiger partial charge in [0.25, 0.3) is 0 Å². The molecule has 0 radical (unpaired) electrons. The minimum atomic E-state index is -4.01. The molecule has 8 heteroatoms. The van der Waals surface area contributed by atoms with Crippen LogP contribution < -0.4 is 8.92 Å². The lowest BCUT2D eigenvalue weighted by molar-refractivity contribution is 0.101. The molecule has 146 valence electrons. The summed E-state index contributed by atoms with van der Waals surface area (Å²) in [6.45, 7) is 0. The molecule has 1 aliphatic rings. The Morgan fingerprint density at radius 2 is 1.59 bits per heavy atom. The van der Waals surface area contributed by atoms with Crippen molar-refractivity contribution in [2.45, 2.75) is 4.90 Å². The lowest BCUT2D eigenvalue weighted by Crippen LogP contribution is -2.09. The summed E-state index contributed by atoms with van der Waals surface area (Å²) in [4.78, 5) is 12.6. The second-order valence-corrected chi connectivity index (χ2v) is 8.44. The Morgan fingerprint density at radius 1 is 0.897 bits per heavy atom. The van der Waals surface area contributed by atoms with Crippen molar-refractivity contribution in [2.75, 3.05) is 0 Å². The van der Waals surface area contributed by atoms with Crippen molar-refractivity contribution in [2.24, 2.45) is 0 Å². The molecule has 1 aliphatic heterocycles. The van der Waals surface area contributed by atoms with Crippen LogP contribution in [0, 0.1) is 0 Å². The Morgan fingerprint density at radius 3 is 2.28 bits per heavy atom. The third kappa shape index (κ3) is 3.87. The summed E-state index contributed by atoms with van der Waals surface area (Å²) in [7, 11) is -4.01. The standard InChI is InChI=1S/C21H12Cl2O5S/c22-17-7-4-8-18(23)16(17)12-20-21(24)15-10-9-13(11-19(15)27-20)28-29(25,26)14-5-2-1-3-6-14/h1-12H/b20-12-. The minimum absolute atomic E-state index is 0.0199. The Labute approximate surface area is 177 Å². The molecule has 1 heterocycles. The Hall–Kier alpha value is -2.80. The molecule has 0 bridgehead atoms. The number of rotatable bonds is 4. The molecule has 0 spiro atoms. The van der Waals surface area contributed by atoms with Crippen molar-refractivity contribution >= 4 is 45.2 Å². The summed E-state index contributed by atoms with van der Waals surface area (Å²) in [5.41, 5.74) is 0.735. The zero-order valence-electron chi connectivity index (χ0n) is 14.6. The maximum absolute atomic E-state index is 12.6. The molecule has 3 aromatic rings. The van der Waals surface area contributed by atoms with Crippen molar-refractivity contribution in [3.63, 3.8) is 0 Å². The van der Waals surface area contributed by atoms with Crippen molar-refractivity contribution in [3.05, 3.63) is 93.7 Å². The molecule has 0 unspecified atom stereocenters. The fourth-order valence-electron chi connectivity index (χ4n) is 2.76. The highest BCUT2D eigenvalue weighted by molar-refractivity contribution is 7.87. The Bertz CT molecular complexity index is 1230. The van der Waals surface area contributed by atoms with Crippen LogP contribution in [0.25, 0.3) is 6.08 Å². The summed E-state index contributed by atoms with van der Waals surface area (Å²) in [6, 6.07) is 16.9. The van der Waals surface area contributed by atoms with Gasteiger partial charge in [-0.1, -0.05) is 47.5 Å². The zero-order valence-corrected chi connectivity index (χ0v) is 17.0. The largest absolute Gasteiger partial charge is 0.452 e. The number of fused-ring (bicyclic) bond motifs is 1. The second-order valence-electron chi connectivity index (χ2n) is 6.08. The van der Waals surface area contributed by atoms with Gasteiger partial charge in [-0.05, 0) is 42.5 Å². The summed E-state index contributed by atoms with van der Waals surface area (Å²) < 4.78 is 35.5. The van der Waals surface area contributed by atoms with E-state index in [0.29, 0.717) is 15.6 Å². The number of ketones is 1. The van der Waals surface area contributed by atoms with Crippen LogP contribution in [0.15, 0.2) is 77.4 Å². The van der Waals surface area contributed by atoms with Gasteiger partial charge in [-0.2, -0.15) is 8.42 Å². The van der Waals surface area contributed by atoms with Crippen LogP contribution in [-0.2, 0) is 10.1 Å². The van der Waals surface area contributed by atoms with Gasteiger partial charge >= 0.3 is 10.1 Å². The predicted molar refractivity (Wildman–Crippen MR) is 110 cm³/mol. The normalized spacial score (nSPS) is 14.6. The number of ether oxygens (including phenoxy) is 1. The van der Waals surface area contributed by atoms with E-state index in [1.54, 1.807) is 36.4 Å². The molecule has 4 rings (SSSR count). The third-order valence-electron chi connectivity index (χ3n) is 4.15. The SMILES string of the molecule is O=C1/C(=C/c2c(Cl)cccc2Cl)Oc2cc(OS(=O)(=O)c3ccccc3)ccc21. The van der Waals surface area contributed by atoms with E-state index in [4.69, 9.17) is 32.1 Å². The molecule has 0 aromatic heterocycles. The lowest BCUT2D eigenvalue weighted by Gasteiger charge is -2.07. The Kier molecular flexibility index (Phi) is 5.08. The Balaban J connectivity index is 1.64.